The van der Waals surface area contributed by atoms with Crippen molar-refractivity contribution < 1.29 is 28.7 Å². The van der Waals surface area contributed by atoms with Crippen LogP contribution in [0.4, 0.5) is 0 Å². The van der Waals surface area contributed by atoms with E-state index in [2.05, 4.69) is 57.4 Å². The number of fused-ring (bicyclic) bond motifs is 2. The molecule has 0 saturated carbocycles. The highest BCUT2D eigenvalue weighted by molar-refractivity contribution is 6.08. The molecule has 0 saturated heterocycles. The minimum absolute atomic E-state index is 0.231. The number of carbonyl (C=O) groups is 4. The maximum Gasteiger partial charge on any atom is 0.293 e. The lowest BCUT2D eigenvalue weighted by Gasteiger charge is -2.37. The van der Waals surface area contributed by atoms with Gasteiger partial charge in [-0.15, -0.1) is 0 Å². The number of amides is 4. The fraction of sp³-hybridized carbons (Fsp3) is 0.238. The minimum atomic E-state index is -0.936. The number of rotatable bonds is 12. The molecule has 0 aliphatic rings. The van der Waals surface area contributed by atoms with Gasteiger partial charge in [0.05, 0.1) is 36.3 Å². The molecule has 77 heavy (non-hydrogen) atoms. The molecule has 0 bridgehead atoms. The summed E-state index contributed by atoms with van der Waals surface area (Å²) in [5.41, 5.74) is 10.8. The first-order valence-electron chi connectivity index (χ1n) is 25.7. The zero-order chi connectivity index (χ0) is 55.1. The molecule has 0 fully saturated rings. The average molecular weight is 1030 g/mol. The summed E-state index contributed by atoms with van der Waals surface area (Å²) in [5.74, 6) is -0.303. The Balaban J connectivity index is 0.000000231. The molecule has 0 spiro atoms. The summed E-state index contributed by atoms with van der Waals surface area (Å²) in [6, 6.07) is 56.5. The van der Waals surface area contributed by atoms with E-state index in [-0.39, 0.29) is 23.2 Å². The summed E-state index contributed by atoms with van der Waals surface area (Å²) >= 11 is 0. The van der Waals surface area contributed by atoms with E-state index in [0.717, 1.165) is 38.9 Å². The fourth-order valence-electron chi connectivity index (χ4n) is 9.76. The van der Waals surface area contributed by atoms with Gasteiger partial charge in [-0.05, 0) is 107 Å². The Labute approximate surface area is 450 Å². The van der Waals surface area contributed by atoms with Gasteiger partial charge in [0.1, 0.15) is 17.0 Å². The largest absolute Gasteiger partial charge is 0.496 e. The lowest BCUT2D eigenvalue weighted by Crippen LogP contribution is -2.56. The molecule has 2 heterocycles. The van der Waals surface area contributed by atoms with E-state index in [1.54, 1.807) is 38.5 Å². The number of nitrogens with zero attached hydrogens (tertiary/aromatic N) is 5. The number of benzene rings is 7. The third kappa shape index (κ3) is 10.8. The van der Waals surface area contributed by atoms with Crippen molar-refractivity contribution >= 4 is 45.4 Å². The Bertz CT molecular complexity index is 3450. The first-order chi connectivity index (χ1) is 37.0. The molecule has 2 aromatic heterocycles. The molecule has 14 nitrogen and oxygen atoms in total. The Morgan fingerprint density at radius 1 is 0.506 bits per heavy atom. The number of aromatic amines is 1. The predicted molar refractivity (Wildman–Crippen MR) is 302 cm³/mol. The van der Waals surface area contributed by atoms with Crippen LogP contribution in [0.3, 0.4) is 0 Å². The Morgan fingerprint density at radius 3 is 1.34 bits per heavy atom. The van der Waals surface area contributed by atoms with Gasteiger partial charge in [0, 0.05) is 33.0 Å². The van der Waals surface area contributed by atoms with Gasteiger partial charge in [-0.2, -0.15) is 10.2 Å². The number of ether oxygens (including phenoxy) is 2. The quantitative estimate of drug-likeness (QED) is 0.0804. The van der Waals surface area contributed by atoms with E-state index < -0.39 is 28.4 Å². The molecule has 14 heteroatoms. The lowest BCUT2D eigenvalue weighted by molar-refractivity contribution is 0.0352. The van der Waals surface area contributed by atoms with Crippen molar-refractivity contribution in [2.45, 2.75) is 84.8 Å². The van der Waals surface area contributed by atoms with Crippen LogP contribution < -0.4 is 20.3 Å². The van der Waals surface area contributed by atoms with Crippen LogP contribution in [0.5, 0.6) is 11.5 Å². The van der Waals surface area contributed by atoms with Gasteiger partial charge in [0.15, 0.2) is 11.4 Å². The Hall–Kier alpha value is -9.04. The molecule has 0 radical (unpaired) electrons. The van der Waals surface area contributed by atoms with E-state index in [4.69, 9.17) is 14.6 Å². The molecule has 0 aliphatic heterocycles. The summed E-state index contributed by atoms with van der Waals surface area (Å²) in [6.07, 6.45) is 1.21. The number of carbonyl (C=O) groups excluding carboxylic acids is 4. The first-order valence-corrected chi connectivity index (χ1v) is 25.7. The van der Waals surface area contributed by atoms with Crippen LogP contribution in [0.2, 0.25) is 0 Å². The van der Waals surface area contributed by atoms with Gasteiger partial charge in [0.25, 0.3) is 23.6 Å². The molecular weight excluding hydrogens is 965 g/mol. The molecule has 9 aromatic rings. The normalized spacial score (nSPS) is 11.6. The number of hydrogen-bond acceptors (Lipinski definition) is 8. The van der Waals surface area contributed by atoms with Gasteiger partial charge in [-0.1, -0.05) is 153 Å². The van der Waals surface area contributed by atoms with Crippen LogP contribution in [0, 0.1) is 0 Å². The zero-order valence-corrected chi connectivity index (χ0v) is 45.3. The fourth-order valence-corrected chi connectivity index (χ4v) is 9.76. The van der Waals surface area contributed by atoms with Gasteiger partial charge < -0.3 is 9.47 Å². The third-order valence-electron chi connectivity index (χ3n) is 13.4. The number of H-pyrrole nitrogens is 1. The first kappa shape index (κ1) is 54.2. The van der Waals surface area contributed by atoms with Gasteiger partial charge in [0.2, 0.25) is 0 Å². The van der Waals surface area contributed by atoms with Crippen molar-refractivity contribution in [3.8, 4) is 11.5 Å². The van der Waals surface area contributed by atoms with E-state index in [1.807, 2.05) is 175 Å². The van der Waals surface area contributed by atoms with Crippen molar-refractivity contribution in [2.24, 2.45) is 0 Å². The second kappa shape index (κ2) is 22.8. The van der Waals surface area contributed by atoms with E-state index in [9.17, 15) is 19.2 Å². The molecular formula is C63H66N8O6. The van der Waals surface area contributed by atoms with Crippen LogP contribution in [-0.2, 0) is 18.4 Å². The second-order valence-corrected chi connectivity index (χ2v) is 20.4. The molecule has 394 valence electrons. The van der Waals surface area contributed by atoms with Gasteiger partial charge >= 0.3 is 0 Å². The van der Waals surface area contributed by atoms with Crippen molar-refractivity contribution in [3.05, 3.63) is 226 Å². The molecule has 0 atom stereocenters. The molecule has 7 aromatic carbocycles. The van der Waals surface area contributed by atoms with Crippen molar-refractivity contribution in [1.29, 1.82) is 0 Å². The number of para-hydroxylation sites is 2. The highest BCUT2D eigenvalue weighted by atomic mass is 16.5. The summed E-state index contributed by atoms with van der Waals surface area (Å²) in [5, 5.41) is 16.4. The summed E-state index contributed by atoms with van der Waals surface area (Å²) in [7, 11) is 3.16. The zero-order valence-electron chi connectivity index (χ0n) is 45.3. The van der Waals surface area contributed by atoms with Gasteiger partial charge in [-0.25, -0.2) is 14.7 Å². The molecule has 0 unspecified atom stereocenters. The average Bonchev–Trinajstić information content (AvgIpc) is 4.23. The molecule has 9 rings (SSSR count). The van der Waals surface area contributed by atoms with Gasteiger partial charge in [-0.3, -0.25) is 35.1 Å². The number of methoxy groups -OCH3 is 2. The predicted octanol–water partition coefficient (Wildman–Crippen LogP) is 11.8. The van der Waals surface area contributed by atoms with Crippen LogP contribution >= 0.6 is 0 Å². The SMILES string of the molecule is CCc1c(OC)cccc1C(=O)NN(C(=O)c1n[nH]c2ccccc12)C(C)(C)C.CCc1c(OC)cccc1C(=O)NN(C(=O)c1nn(C(c2ccccc2)(c2ccccc2)c2ccccc2)c2ccccc12)C(C)(C)C. The van der Waals surface area contributed by atoms with E-state index in [1.165, 1.54) is 10.0 Å². The van der Waals surface area contributed by atoms with Crippen LogP contribution in [0.25, 0.3) is 21.8 Å². The molecule has 3 N–H and O–H groups in total. The monoisotopic (exact) mass is 1030 g/mol. The van der Waals surface area contributed by atoms with E-state index >= 15 is 0 Å². The summed E-state index contributed by atoms with van der Waals surface area (Å²) in [4.78, 5) is 55.1. The van der Waals surface area contributed by atoms with Crippen molar-refractivity contribution in [1.82, 2.24) is 40.8 Å². The topological polar surface area (TPSA) is 164 Å². The van der Waals surface area contributed by atoms with Crippen LogP contribution in [-0.4, -0.2) is 78.9 Å². The standard InChI is InChI=1S/C41H40N4O3.C22H26N4O3/c1-6-32-33(26-18-28-36(32)48-5)38(46)43-45(40(2,3)4)39(47)37-34-25-16-17-27-35(34)44(42-37)41(29-19-10-7-11-20-29,30-21-12-8-13-22-30)31-23-14-9-15-24-31;1-6-14-15(11-9-13-18(14)29-5)20(27)25-26(22(2,3)4)21(28)19-16-10-7-8-12-17(16)23-24-19/h7-28H,6H2,1-5H3,(H,43,46);7-13H,6H2,1-5H3,(H,23,24)(H,25,27). The second-order valence-electron chi connectivity index (χ2n) is 20.4. The number of hydrazine groups is 2. The Morgan fingerprint density at radius 2 is 0.909 bits per heavy atom. The smallest absolute Gasteiger partial charge is 0.293 e. The molecule has 0 aliphatic carbocycles. The maximum atomic E-state index is 14.8. The third-order valence-corrected chi connectivity index (χ3v) is 13.4. The molecule has 4 amide bonds. The number of nitrogens with one attached hydrogen (secondary N) is 3. The van der Waals surface area contributed by atoms with Crippen LogP contribution in [0.15, 0.2) is 176 Å². The van der Waals surface area contributed by atoms with Crippen molar-refractivity contribution in [3.63, 3.8) is 0 Å². The highest BCUT2D eigenvalue weighted by Crippen LogP contribution is 2.43. The summed E-state index contributed by atoms with van der Waals surface area (Å²) in [6.45, 7) is 15.2. The van der Waals surface area contributed by atoms with Crippen molar-refractivity contribution in [2.75, 3.05) is 14.2 Å². The van der Waals surface area contributed by atoms with E-state index in [0.29, 0.717) is 46.2 Å². The summed E-state index contributed by atoms with van der Waals surface area (Å²) < 4.78 is 12.9. The maximum absolute atomic E-state index is 14.8. The number of hydrogen-bond donors (Lipinski definition) is 3. The lowest BCUT2D eigenvalue weighted by atomic mass is 9.77. The Kier molecular flexibility index (Phi) is 16.1. The highest BCUT2D eigenvalue weighted by Gasteiger charge is 2.43. The minimum Gasteiger partial charge on any atom is -0.496 e. The van der Waals surface area contributed by atoms with Crippen LogP contribution in [0.1, 0.15) is 125 Å². The number of aromatic nitrogens is 4.